The molecular weight excluding hydrogens is 274 g/mol. The minimum absolute atomic E-state index is 0.000493. The van der Waals surface area contributed by atoms with Crippen LogP contribution in [0.2, 0.25) is 0 Å². The number of nitro groups is 1. The van der Waals surface area contributed by atoms with Gasteiger partial charge in [0.15, 0.2) is 0 Å². The Morgan fingerprint density at radius 1 is 1.52 bits per heavy atom. The van der Waals surface area contributed by atoms with Gasteiger partial charge in [-0.1, -0.05) is 0 Å². The summed E-state index contributed by atoms with van der Waals surface area (Å²) < 4.78 is 5.46. The highest BCUT2D eigenvalue weighted by Crippen LogP contribution is 2.27. The van der Waals surface area contributed by atoms with Gasteiger partial charge in [0, 0.05) is 32.3 Å². The number of hydrogen-bond acceptors (Lipinski definition) is 5. The van der Waals surface area contributed by atoms with Crippen LogP contribution in [0, 0.1) is 10.1 Å². The molecule has 0 aromatic heterocycles. The Labute approximate surface area is 123 Å². The largest absolute Gasteiger partial charge is 0.383 e. The van der Waals surface area contributed by atoms with E-state index in [1.165, 1.54) is 6.07 Å². The number of nitrogens with zero attached hydrogens (tertiary/aromatic N) is 2. The van der Waals surface area contributed by atoms with Crippen LogP contribution >= 0.6 is 0 Å². The summed E-state index contributed by atoms with van der Waals surface area (Å²) in [6.07, 6.45) is 0.755. The van der Waals surface area contributed by atoms with Gasteiger partial charge in [0.25, 0.3) is 11.6 Å². The smallest absolute Gasteiger partial charge is 0.293 e. The molecule has 114 valence electrons. The van der Waals surface area contributed by atoms with Crippen molar-refractivity contribution in [2.75, 3.05) is 26.0 Å². The van der Waals surface area contributed by atoms with E-state index in [1.807, 2.05) is 6.92 Å². The van der Waals surface area contributed by atoms with Gasteiger partial charge in [-0.3, -0.25) is 14.9 Å². The van der Waals surface area contributed by atoms with E-state index in [-0.39, 0.29) is 23.7 Å². The Morgan fingerprint density at radius 3 is 2.76 bits per heavy atom. The van der Waals surface area contributed by atoms with Crippen LogP contribution in [0.3, 0.4) is 0 Å². The summed E-state index contributed by atoms with van der Waals surface area (Å²) in [6.45, 7) is 2.55. The van der Waals surface area contributed by atoms with Crippen molar-refractivity contribution in [2.45, 2.75) is 25.5 Å². The molecule has 1 saturated heterocycles. The quantitative estimate of drug-likeness (QED) is 0.677. The molecule has 1 aliphatic heterocycles. The van der Waals surface area contributed by atoms with E-state index in [4.69, 9.17) is 4.74 Å². The number of anilines is 1. The fraction of sp³-hybridized carbons (Fsp3) is 0.500. The maximum atomic E-state index is 12.5. The molecule has 21 heavy (non-hydrogen) atoms. The molecule has 7 heteroatoms. The SMILES string of the molecule is CNc1ccc(C(=O)N(C)C2CCOC2C)cc1[N+](=O)[O-]. The minimum atomic E-state index is -0.496. The maximum Gasteiger partial charge on any atom is 0.293 e. The molecule has 2 atom stereocenters. The second kappa shape index (κ2) is 6.09. The van der Waals surface area contributed by atoms with Gasteiger partial charge in [-0.15, -0.1) is 0 Å². The number of nitro benzene ring substituents is 1. The maximum absolute atomic E-state index is 12.5. The Hall–Kier alpha value is -2.15. The number of benzene rings is 1. The van der Waals surface area contributed by atoms with Crippen molar-refractivity contribution in [1.82, 2.24) is 4.90 Å². The van der Waals surface area contributed by atoms with Gasteiger partial charge in [0.05, 0.1) is 17.1 Å². The molecule has 0 bridgehead atoms. The standard InChI is InChI=1S/C14H19N3O4/c1-9-12(6-7-21-9)16(3)14(18)10-4-5-11(15-2)13(8-10)17(19)20/h4-5,8-9,12,15H,6-7H2,1-3H3. The monoisotopic (exact) mass is 293 g/mol. The van der Waals surface area contributed by atoms with E-state index in [0.29, 0.717) is 17.9 Å². The third-order valence-corrected chi connectivity index (χ3v) is 3.86. The third-order valence-electron chi connectivity index (χ3n) is 3.86. The van der Waals surface area contributed by atoms with Crippen LogP contribution < -0.4 is 5.32 Å². The van der Waals surface area contributed by atoms with Gasteiger partial charge < -0.3 is 15.0 Å². The van der Waals surface area contributed by atoms with Gasteiger partial charge >= 0.3 is 0 Å². The lowest BCUT2D eigenvalue weighted by Crippen LogP contribution is -2.41. The van der Waals surface area contributed by atoms with E-state index in [9.17, 15) is 14.9 Å². The van der Waals surface area contributed by atoms with Gasteiger partial charge in [-0.05, 0) is 25.5 Å². The Bertz CT molecular complexity index is 561. The lowest BCUT2D eigenvalue weighted by atomic mass is 10.1. The Morgan fingerprint density at radius 2 is 2.24 bits per heavy atom. The molecule has 1 aliphatic rings. The van der Waals surface area contributed by atoms with Gasteiger partial charge in [-0.2, -0.15) is 0 Å². The molecular formula is C14H19N3O4. The highest BCUT2D eigenvalue weighted by atomic mass is 16.6. The van der Waals surface area contributed by atoms with Crippen LogP contribution in [0.25, 0.3) is 0 Å². The third kappa shape index (κ3) is 2.97. The van der Waals surface area contributed by atoms with Crippen LogP contribution in [0.15, 0.2) is 18.2 Å². The number of amides is 1. The number of rotatable bonds is 4. The number of ether oxygens (including phenoxy) is 1. The fourth-order valence-corrected chi connectivity index (χ4v) is 2.61. The average Bonchev–Trinajstić information content (AvgIpc) is 2.91. The van der Waals surface area contributed by atoms with E-state index < -0.39 is 4.92 Å². The summed E-state index contributed by atoms with van der Waals surface area (Å²) in [7, 11) is 3.31. The lowest BCUT2D eigenvalue weighted by Gasteiger charge is -2.26. The first-order valence-electron chi connectivity index (χ1n) is 6.80. The van der Waals surface area contributed by atoms with Gasteiger partial charge in [-0.25, -0.2) is 0 Å². The molecule has 1 aromatic rings. The van der Waals surface area contributed by atoms with E-state index >= 15 is 0 Å². The summed E-state index contributed by atoms with van der Waals surface area (Å²) in [5.41, 5.74) is 0.589. The lowest BCUT2D eigenvalue weighted by molar-refractivity contribution is -0.384. The number of likely N-dealkylation sites (N-methyl/N-ethyl adjacent to an activating group) is 1. The predicted molar refractivity (Wildman–Crippen MR) is 78.6 cm³/mol. The Kier molecular flexibility index (Phi) is 4.42. The highest BCUT2D eigenvalue weighted by molar-refractivity contribution is 5.95. The molecule has 1 aromatic carbocycles. The molecule has 1 fully saturated rings. The molecule has 0 radical (unpaired) electrons. The first-order chi connectivity index (χ1) is 9.95. The number of hydrogen-bond donors (Lipinski definition) is 1. The second-order valence-corrected chi connectivity index (χ2v) is 5.09. The molecule has 1 amide bonds. The fourth-order valence-electron chi connectivity index (χ4n) is 2.61. The van der Waals surface area contributed by atoms with Gasteiger partial charge in [0.1, 0.15) is 5.69 Å². The molecule has 1 heterocycles. The molecule has 0 spiro atoms. The summed E-state index contributed by atoms with van der Waals surface area (Å²) >= 11 is 0. The molecule has 7 nitrogen and oxygen atoms in total. The predicted octanol–water partition coefficient (Wildman–Crippen LogP) is 1.89. The van der Waals surface area contributed by atoms with Crippen LogP contribution in [-0.2, 0) is 4.74 Å². The van der Waals surface area contributed by atoms with E-state index in [0.717, 1.165) is 6.42 Å². The first-order valence-corrected chi connectivity index (χ1v) is 6.80. The van der Waals surface area contributed by atoms with Crippen molar-refractivity contribution in [3.8, 4) is 0 Å². The van der Waals surface area contributed by atoms with Crippen molar-refractivity contribution in [2.24, 2.45) is 0 Å². The van der Waals surface area contributed by atoms with Crippen molar-refractivity contribution in [1.29, 1.82) is 0 Å². The summed E-state index contributed by atoms with van der Waals surface area (Å²) in [5, 5.41) is 13.8. The zero-order valence-corrected chi connectivity index (χ0v) is 12.3. The first kappa shape index (κ1) is 15.2. The highest BCUT2D eigenvalue weighted by Gasteiger charge is 2.31. The van der Waals surface area contributed by atoms with Crippen LogP contribution in [0.4, 0.5) is 11.4 Å². The summed E-state index contributed by atoms with van der Waals surface area (Å²) in [6, 6.07) is 4.46. The second-order valence-electron chi connectivity index (χ2n) is 5.09. The number of carbonyl (C=O) groups excluding carboxylic acids is 1. The van der Waals surface area contributed by atoms with Crippen molar-refractivity contribution in [3.05, 3.63) is 33.9 Å². The van der Waals surface area contributed by atoms with E-state index in [1.54, 1.807) is 31.1 Å². The molecule has 2 rings (SSSR count). The zero-order chi connectivity index (χ0) is 15.6. The summed E-state index contributed by atoms with van der Waals surface area (Å²) in [4.78, 5) is 24.6. The van der Waals surface area contributed by atoms with Crippen molar-refractivity contribution in [3.63, 3.8) is 0 Å². The number of carbonyl (C=O) groups is 1. The zero-order valence-electron chi connectivity index (χ0n) is 12.3. The topological polar surface area (TPSA) is 84.7 Å². The van der Waals surface area contributed by atoms with Crippen LogP contribution in [0.1, 0.15) is 23.7 Å². The molecule has 0 aliphatic carbocycles. The van der Waals surface area contributed by atoms with Crippen molar-refractivity contribution >= 4 is 17.3 Å². The molecule has 1 N–H and O–H groups in total. The normalized spacial score (nSPS) is 21.1. The van der Waals surface area contributed by atoms with Gasteiger partial charge in [0.2, 0.25) is 0 Å². The molecule has 2 unspecified atom stereocenters. The minimum Gasteiger partial charge on any atom is -0.383 e. The van der Waals surface area contributed by atoms with Crippen LogP contribution in [0.5, 0.6) is 0 Å². The Balaban J connectivity index is 2.26. The molecule has 0 saturated carbocycles. The van der Waals surface area contributed by atoms with E-state index in [2.05, 4.69) is 5.32 Å². The van der Waals surface area contributed by atoms with Crippen molar-refractivity contribution < 1.29 is 14.5 Å². The number of nitrogens with one attached hydrogen (secondary N) is 1. The summed E-state index contributed by atoms with van der Waals surface area (Å²) in [5.74, 6) is -0.233. The average molecular weight is 293 g/mol. The van der Waals surface area contributed by atoms with Crippen LogP contribution in [-0.4, -0.2) is 48.6 Å².